The molecule has 13 heavy (non-hydrogen) atoms. The molecule has 0 aliphatic rings. The van der Waals surface area contributed by atoms with Gasteiger partial charge in [0.25, 0.3) is 0 Å². The van der Waals surface area contributed by atoms with Crippen LogP contribution in [-0.2, 0) is 16.1 Å². The number of rotatable bonds is 2. The highest BCUT2D eigenvalue weighted by Crippen LogP contribution is 2.14. The second-order valence-corrected chi connectivity index (χ2v) is 3.57. The van der Waals surface area contributed by atoms with Crippen LogP contribution >= 0.6 is 11.3 Å². The van der Waals surface area contributed by atoms with Crippen LogP contribution in [0.5, 0.6) is 0 Å². The minimum absolute atomic E-state index is 0.366. The van der Waals surface area contributed by atoms with Gasteiger partial charge in [-0.15, -0.1) is 11.3 Å². The van der Waals surface area contributed by atoms with Gasteiger partial charge in [-0.25, -0.2) is 0 Å². The number of hydrogen-bond acceptors (Lipinski definition) is 3. The summed E-state index contributed by atoms with van der Waals surface area (Å²) >= 11 is 1.54. The van der Waals surface area contributed by atoms with E-state index in [1.54, 1.807) is 0 Å². The summed E-state index contributed by atoms with van der Waals surface area (Å²) in [5, 5.41) is 4.35. The van der Waals surface area contributed by atoms with Gasteiger partial charge in [0.2, 0.25) is 0 Å². The predicted molar refractivity (Wildman–Crippen MR) is 50.1 cm³/mol. The standard InChI is InChI=1S/C8H10N2O2S/c1-5-2-3-13-6(5)4-10-8(12)7(9)11/h2-3H,4H2,1H3,(H2,9,11)(H,10,12). The van der Waals surface area contributed by atoms with Crippen LogP contribution in [0.4, 0.5) is 0 Å². The molecule has 0 spiro atoms. The van der Waals surface area contributed by atoms with Crippen LogP contribution in [-0.4, -0.2) is 11.8 Å². The van der Waals surface area contributed by atoms with Gasteiger partial charge in [-0.2, -0.15) is 0 Å². The van der Waals surface area contributed by atoms with Crippen molar-refractivity contribution in [2.24, 2.45) is 5.73 Å². The minimum atomic E-state index is -0.950. The molecule has 5 heteroatoms. The maximum absolute atomic E-state index is 10.8. The number of nitrogens with two attached hydrogens (primary N) is 1. The van der Waals surface area contributed by atoms with Crippen LogP contribution in [0, 0.1) is 6.92 Å². The molecule has 1 aromatic heterocycles. The van der Waals surface area contributed by atoms with E-state index in [1.807, 2.05) is 18.4 Å². The first kappa shape index (κ1) is 9.73. The van der Waals surface area contributed by atoms with Crippen molar-refractivity contribution in [2.45, 2.75) is 13.5 Å². The average molecular weight is 198 g/mol. The SMILES string of the molecule is Cc1ccsc1CNC(=O)C(N)=O. The van der Waals surface area contributed by atoms with E-state index in [0.29, 0.717) is 6.54 Å². The molecule has 0 fully saturated rings. The van der Waals surface area contributed by atoms with E-state index < -0.39 is 11.8 Å². The molecule has 0 aliphatic carbocycles. The second kappa shape index (κ2) is 4.04. The summed E-state index contributed by atoms with van der Waals surface area (Å²) in [6.07, 6.45) is 0. The van der Waals surface area contributed by atoms with Gasteiger partial charge >= 0.3 is 11.8 Å². The van der Waals surface area contributed by atoms with Gasteiger partial charge in [0.1, 0.15) is 0 Å². The normalized spacial score (nSPS) is 9.62. The first-order valence-corrected chi connectivity index (χ1v) is 4.60. The van der Waals surface area contributed by atoms with Gasteiger partial charge in [-0.1, -0.05) is 0 Å². The molecule has 0 saturated heterocycles. The zero-order chi connectivity index (χ0) is 9.84. The smallest absolute Gasteiger partial charge is 0.309 e. The molecule has 4 nitrogen and oxygen atoms in total. The molecular weight excluding hydrogens is 188 g/mol. The van der Waals surface area contributed by atoms with Crippen LogP contribution in [0.1, 0.15) is 10.4 Å². The van der Waals surface area contributed by atoms with Gasteiger partial charge in [-0.05, 0) is 23.9 Å². The topological polar surface area (TPSA) is 72.2 Å². The van der Waals surface area contributed by atoms with Crippen molar-refractivity contribution < 1.29 is 9.59 Å². The Labute approximate surface area is 79.7 Å². The molecule has 1 rings (SSSR count). The van der Waals surface area contributed by atoms with E-state index in [9.17, 15) is 9.59 Å². The summed E-state index contributed by atoms with van der Waals surface area (Å²) in [5.41, 5.74) is 5.87. The van der Waals surface area contributed by atoms with Crippen LogP contribution in [0.25, 0.3) is 0 Å². The van der Waals surface area contributed by atoms with Gasteiger partial charge in [-0.3, -0.25) is 9.59 Å². The van der Waals surface area contributed by atoms with Crippen molar-refractivity contribution in [3.8, 4) is 0 Å². The lowest BCUT2D eigenvalue weighted by Gasteiger charge is -2.00. The van der Waals surface area contributed by atoms with Gasteiger partial charge in [0.15, 0.2) is 0 Å². The van der Waals surface area contributed by atoms with Crippen molar-refractivity contribution in [3.63, 3.8) is 0 Å². The highest BCUT2D eigenvalue weighted by Gasteiger charge is 2.08. The summed E-state index contributed by atoms with van der Waals surface area (Å²) in [6, 6.07) is 1.95. The van der Waals surface area contributed by atoms with Crippen molar-refractivity contribution in [3.05, 3.63) is 21.9 Å². The fourth-order valence-corrected chi connectivity index (χ4v) is 1.68. The zero-order valence-electron chi connectivity index (χ0n) is 7.16. The zero-order valence-corrected chi connectivity index (χ0v) is 7.98. The number of aryl methyl sites for hydroxylation is 1. The van der Waals surface area contributed by atoms with Gasteiger partial charge < -0.3 is 11.1 Å². The third-order valence-electron chi connectivity index (χ3n) is 1.60. The first-order valence-electron chi connectivity index (χ1n) is 3.72. The summed E-state index contributed by atoms with van der Waals surface area (Å²) in [4.78, 5) is 22.2. The van der Waals surface area contributed by atoms with E-state index in [-0.39, 0.29) is 0 Å². The minimum Gasteiger partial charge on any atom is -0.361 e. The van der Waals surface area contributed by atoms with Crippen LogP contribution in [0.3, 0.4) is 0 Å². The molecule has 0 bridgehead atoms. The molecule has 0 saturated carbocycles. The molecule has 3 N–H and O–H groups in total. The maximum atomic E-state index is 10.8. The highest BCUT2D eigenvalue weighted by atomic mass is 32.1. The Hall–Kier alpha value is -1.36. The number of hydrogen-bond donors (Lipinski definition) is 2. The molecular formula is C8H10N2O2S. The lowest BCUT2D eigenvalue weighted by Crippen LogP contribution is -2.35. The molecule has 1 aromatic rings. The summed E-state index contributed by atoms with van der Waals surface area (Å²) in [7, 11) is 0. The van der Waals surface area contributed by atoms with Crippen LogP contribution in [0.15, 0.2) is 11.4 Å². The molecule has 70 valence electrons. The number of thiophene rings is 1. The molecule has 0 atom stereocenters. The van der Waals surface area contributed by atoms with Crippen molar-refractivity contribution in [1.29, 1.82) is 0 Å². The van der Waals surface area contributed by atoms with Crippen molar-refractivity contribution in [1.82, 2.24) is 5.32 Å². The van der Waals surface area contributed by atoms with Crippen molar-refractivity contribution in [2.75, 3.05) is 0 Å². The number of primary amides is 1. The second-order valence-electron chi connectivity index (χ2n) is 2.57. The highest BCUT2D eigenvalue weighted by molar-refractivity contribution is 7.10. The number of carbonyl (C=O) groups is 2. The Morgan fingerprint density at radius 3 is 2.77 bits per heavy atom. The Balaban J connectivity index is 2.48. The molecule has 0 aromatic carbocycles. The molecule has 1 heterocycles. The molecule has 0 aliphatic heterocycles. The quantitative estimate of drug-likeness (QED) is 0.664. The van der Waals surface area contributed by atoms with Crippen molar-refractivity contribution >= 4 is 23.2 Å². The molecule has 2 amide bonds. The molecule has 0 unspecified atom stereocenters. The number of amides is 2. The van der Waals surface area contributed by atoms with Crippen LogP contribution in [0.2, 0.25) is 0 Å². The van der Waals surface area contributed by atoms with E-state index in [2.05, 4.69) is 5.32 Å². The Bertz CT molecular complexity index is 333. The van der Waals surface area contributed by atoms with E-state index in [0.717, 1.165) is 10.4 Å². The third-order valence-corrected chi connectivity index (χ3v) is 2.62. The van der Waals surface area contributed by atoms with Gasteiger partial charge in [0, 0.05) is 4.88 Å². The first-order chi connectivity index (χ1) is 6.11. The third kappa shape index (κ3) is 2.55. The van der Waals surface area contributed by atoms with E-state index >= 15 is 0 Å². The number of carbonyl (C=O) groups excluding carboxylic acids is 2. The van der Waals surface area contributed by atoms with Crippen LogP contribution < -0.4 is 11.1 Å². The number of nitrogens with one attached hydrogen (secondary N) is 1. The molecule has 0 radical (unpaired) electrons. The van der Waals surface area contributed by atoms with E-state index in [1.165, 1.54) is 11.3 Å². The largest absolute Gasteiger partial charge is 0.361 e. The predicted octanol–water partition coefficient (Wildman–Crippen LogP) is 0.158. The Kier molecular flexibility index (Phi) is 3.02. The summed E-state index contributed by atoms with van der Waals surface area (Å²) in [5.74, 6) is -1.69. The van der Waals surface area contributed by atoms with Gasteiger partial charge in [0.05, 0.1) is 6.54 Å². The summed E-state index contributed by atoms with van der Waals surface area (Å²) in [6.45, 7) is 2.31. The summed E-state index contributed by atoms with van der Waals surface area (Å²) < 4.78 is 0. The average Bonchev–Trinajstić information content (AvgIpc) is 2.47. The fourth-order valence-electron chi connectivity index (χ4n) is 0.833. The fraction of sp³-hybridized carbons (Fsp3) is 0.250. The lowest BCUT2D eigenvalue weighted by molar-refractivity contribution is -0.137. The van der Waals surface area contributed by atoms with E-state index in [4.69, 9.17) is 5.73 Å². The Morgan fingerprint density at radius 2 is 2.31 bits per heavy atom. The monoisotopic (exact) mass is 198 g/mol. The Morgan fingerprint density at radius 1 is 1.62 bits per heavy atom. The lowest BCUT2D eigenvalue weighted by atomic mass is 10.3. The maximum Gasteiger partial charge on any atom is 0.309 e.